The van der Waals surface area contributed by atoms with Gasteiger partial charge < -0.3 is 4.74 Å². The van der Waals surface area contributed by atoms with Crippen LogP contribution in [0.4, 0.5) is 5.69 Å². The fourth-order valence-corrected chi connectivity index (χ4v) is 3.43. The van der Waals surface area contributed by atoms with Gasteiger partial charge in [0, 0.05) is 6.42 Å². The third-order valence-electron chi connectivity index (χ3n) is 4.43. The lowest BCUT2D eigenvalue weighted by atomic mass is 10.0. The average Bonchev–Trinajstić information content (AvgIpc) is 2.63. The number of rotatable bonds is 8. The number of benzene rings is 1. The van der Waals surface area contributed by atoms with E-state index in [0.717, 1.165) is 47.0 Å². The molecule has 0 heterocycles. The van der Waals surface area contributed by atoms with Gasteiger partial charge in [0.15, 0.2) is 5.12 Å². The van der Waals surface area contributed by atoms with Crippen molar-refractivity contribution in [2.75, 3.05) is 17.8 Å². The molecular formula is C20H29NO4S. The molecule has 0 fully saturated rings. The normalized spacial score (nSPS) is 11.8. The Hall–Kier alpha value is -1.82. The zero-order chi connectivity index (χ0) is 19.9. The second kappa shape index (κ2) is 10.4. The van der Waals surface area contributed by atoms with Gasteiger partial charge in [0.25, 0.3) is 0 Å². The molecule has 0 bridgehead atoms. The number of carbonyl (C=O) groups excluding carboxylic acids is 3. The van der Waals surface area contributed by atoms with Crippen LogP contribution >= 0.6 is 11.8 Å². The van der Waals surface area contributed by atoms with E-state index in [0.29, 0.717) is 6.42 Å². The highest BCUT2D eigenvalue weighted by molar-refractivity contribution is 8.14. The number of esters is 1. The topological polar surface area (TPSA) is 63.7 Å². The lowest BCUT2D eigenvalue weighted by molar-refractivity contribution is -0.142. The Balaban J connectivity index is 3.15. The van der Waals surface area contributed by atoms with Gasteiger partial charge in [0.1, 0.15) is 6.04 Å². The maximum atomic E-state index is 12.9. The molecule has 1 rings (SSSR count). The molecule has 0 saturated carbocycles. The molecule has 144 valence electrons. The molecule has 0 aliphatic carbocycles. The van der Waals surface area contributed by atoms with Crippen molar-refractivity contribution >= 4 is 34.4 Å². The van der Waals surface area contributed by atoms with Crippen molar-refractivity contribution in [2.45, 2.75) is 59.9 Å². The number of anilines is 1. The molecule has 1 amide bonds. The quantitative estimate of drug-likeness (QED) is 0.640. The highest BCUT2D eigenvalue weighted by Crippen LogP contribution is 2.30. The zero-order valence-electron chi connectivity index (χ0n) is 16.5. The summed E-state index contributed by atoms with van der Waals surface area (Å²) in [7, 11) is 1.31. The number of aryl methyl sites for hydroxylation is 2. The Bertz CT molecular complexity index is 672. The second-order valence-electron chi connectivity index (χ2n) is 6.40. The highest BCUT2D eigenvalue weighted by Gasteiger charge is 2.30. The van der Waals surface area contributed by atoms with Crippen LogP contribution in [0.3, 0.4) is 0 Å². The predicted octanol–water partition coefficient (Wildman–Crippen LogP) is 3.96. The summed E-state index contributed by atoms with van der Waals surface area (Å²) in [4.78, 5) is 38.5. The molecule has 26 heavy (non-hydrogen) atoms. The first kappa shape index (κ1) is 22.2. The van der Waals surface area contributed by atoms with Crippen molar-refractivity contribution in [2.24, 2.45) is 0 Å². The molecule has 1 aromatic carbocycles. The van der Waals surface area contributed by atoms with E-state index < -0.39 is 12.0 Å². The first-order chi connectivity index (χ1) is 12.2. The molecule has 5 nitrogen and oxygen atoms in total. The maximum absolute atomic E-state index is 12.9. The molecule has 1 aromatic rings. The third-order valence-corrected chi connectivity index (χ3v) is 5.35. The van der Waals surface area contributed by atoms with Crippen LogP contribution in [0.15, 0.2) is 12.1 Å². The number of amides is 1. The third kappa shape index (κ3) is 5.59. The largest absolute Gasteiger partial charge is 0.467 e. The van der Waals surface area contributed by atoms with Crippen LogP contribution in [-0.2, 0) is 19.1 Å². The number of thioether (sulfide) groups is 1. The van der Waals surface area contributed by atoms with Crippen molar-refractivity contribution in [3.8, 4) is 0 Å². The Kier molecular flexibility index (Phi) is 8.85. The van der Waals surface area contributed by atoms with E-state index in [4.69, 9.17) is 4.74 Å². The van der Waals surface area contributed by atoms with Crippen LogP contribution in [0, 0.1) is 20.8 Å². The van der Waals surface area contributed by atoms with Crippen molar-refractivity contribution in [1.82, 2.24) is 0 Å². The Labute approximate surface area is 160 Å². The summed E-state index contributed by atoms with van der Waals surface area (Å²) in [6, 6.07) is 3.16. The van der Waals surface area contributed by atoms with Gasteiger partial charge in [-0.15, -0.1) is 0 Å². The van der Waals surface area contributed by atoms with Crippen LogP contribution in [0.25, 0.3) is 0 Å². The molecular weight excluding hydrogens is 350 g/mol. The van der Waals surface area contributed by atoms with Gasteiger partial charge in [-0.25, -0.2) is 4.79 Å². The standard InChI is InChI=1S/C20H29NO4S/c1-7-8-9-18(23)26-12-17(22)21(16(5)20(24)25-6)19-14(3)11-10-13(2)15(19)4/h10-11,16H,7-9,12H2,1-6H3. The van der Waals surface area contributed by atoms with E-state index in [1.807, 2.05) is 39.8 Å². The van der Waals surface area contributed by atoms with Crippen LogP contribution in [0.1, 0.15) is 49.8 Å². The Morgan fingerprint density at radius 2 is 1.77 bits per heavy atom. The van der Waals surface area contributed by atoms with Crippen molar-refractivity contribution < 1.29 is 19.1 Å². The number of ether oxygens (including phenoxy) is 1. The summed E-state index contributed by atoms with van der Waals surface area (Å²) in [5.74, 6) is -0.744. The fourth-order valence-electron chi connectivity index (χ4n) is 2.72. The smallest absolute Gasteiger partial charge is 0.328 e. The van der Waals surface area contributed by atoms with Gasteiger partial charge in [-0.05, 0) is 50.8 Å². The molecule has 6 heteroatoms. The first-order valence-electron chi connectivity index (χ1n) is 8.86. The van der Waals surface area contributed by atoms with Crippen LogP contribution in [0.5, 0.6) is 0 Å². The molecule has 0 spiro atoms. The average molecular weight is 380 g/mol. The van der Waals surface area contributed by atoms with E-state index in [1.165, 1.54) is 12.0 Å². The van der Waals surface area contributed by atoms with E-state index in [2.05, 4.69) is 0 Å². The molecule has 1 unspecified atom stereocenters. The molecule has 0 aliphatic rings. The summed E-state index contributed by atoms with van der Waals surface area (Å²) >= 11 is 1.02. The van der Waals surface area contributed by atoms with E-state index in [9.17, 15) is 14.4 Å². The number of methoxy groups -OCH3 is 1. The Morgan fingerprint density at radius 1 is 1.15 bits per heavy atom. The van der Waals surface area contributed by atoms with Crippen molar-refractivity contribution in [1.29, 1.82) is 0 Å². The highest BCUT2D eigenvalue weighted by atomic mass is 32.2. The summed E-state index contributed by atoms with van der Waals surface area (Å²) in [6.45, 7) is 9.47. The lowest BCUT2D eigenvalue weighted by Crippen LogP contribution is -2.46. The summed E-state index contributed by atoms with van der Waals surface area (Å²) < 4.78 is 4.85. The Morgan fingerprint density at radius 3 is 2.35 bits per heavy atom. The molecule has 0 radical (unpaired) electrons. The van der Waals surface area contributed by atoms with Gasteiger partial charge in [-0.3, -0.25) is 14.5 Å². The van der Waals surface area contributed by atoms with Crippen molar-refractivity contribution in [3.63, 3.8) is 0 Å². The summed E-state index contributed by atoms with van der Waals surface area (Å²) in [5, 5.41) is 0.00329. The number of unbranched alkanes of at least 4 members (excludes halogenated alkanes) is 1. The molecule has 0 aliphatic heterocycles. The second-order valence-corrected chi connectivity index (χ2v) is 7.43. The maximum Gasteiger partial charge on any atom is 0.328 e. The lowest BCUT2D eigenvalue weighted by Gasteiger charge is -2.31. The fraction of sp³-hybridized carbons (Fsp3) is 0.550. The van der Waals surface area contributed by atoms with Crippen molar-refractivity contribution in [3.05, 3.63) is 28.8 Å². The minimum atomic E-state index is -0.766. The molecule has 1 atom stereocenters. The minimum absolute atomic E-state index is 0.00329. The monoisotopic (exact) mass is 379 g/mol. The molecule has 0 N–H and O–H groups in total. The number of carbonyl (C=O) groups is 3. The van der Waals surface area contributed by atoms with Crippen LogP contribution < -0.4 is 4.90 Å². The predicted molar refractivity (Wildman–Crippen MR) is 107 cm³/mol. The summed E-state index contributed by atoms with van der Waals surface area (Å²) in [5.41, 5.74) is 3.59. The van der Waals surface area contributed by atoms with E-state index >= 15 is 0 Å². The minimum Gasteiger partial charge on any atom is -0.467 e. The van der Waals surface area contributed by atoms with E-state index in [1.54, 1.807) is 6.92 Å². The number of hydrogen-bond acceptors (Lipinski definition) is 5. The molecule has 0 aromatic heterocycles. The first-order valence-corrected chi connectivity index (χ1v) is 9.85. The number of nitrogens with zero attached hydrogens (tertiary/aromatic N) is 1. The van der Waals surface area contributed by atoms with Gasteiger partial charge in [0.2, 0.25) is 5.91 Å². The number of hydrogen-bond donors (Lipinski definition) is 0. The van der Waals surface area contributed by atoms with E-state index in [-0.39, 0.29) is 16.8 Å². The van der Waals surface area contributed by atoms with Gasteiger partial charge >= 0.3 is 5.97 Å². The SMILES string of the molecule is CCCCC(=O)SCC(=O)N(c1c(C)ccc(C)c1C)C(C)C(=O)OC. The molecule has 0 saturated heterocycles. The summed E-state index contributed by atoms with van der Waals surface area (Å²) in [6.07, 6.45) is 2.22. The van der Waals surface area contributed by atoms with Crippen LogP contribution in [0.2, 0.25) is 0 Å². The zero-order valence-corrected chi connectivity index (χ0v) is 17.4. The van der Waals surface area contributed by atoms with Crippen LogP contribution in [-0.4, -0.2) is 35.9 Å². The van der Waals surface area contributed by atoms with Gasteiger partial charge in [0.05, 0.1) is 18.6 Å². The van der Waals surface area contributed by atoms with Gasteiger partial charge in [-0.2, -0.15) is 0 Å². The van der Waals surface area contributed by atoms with Gasteiger partial charge in [-0.1, -0.05) is 37.2 Å².